The molecule has 1 aromatic carbocycles. The van der Waals surface area contributed by atoms with Gasteiger partial charge in [-0.2, -0.15) is 0 Å². The first-order chi connectivity index (χ1) is 9.28. The first-order valence-electron chi connectivity index (χ1n) is 6.48. The van der Waals surface area contributed by atoms with Crippen molar-refractivity contribution in [1.82, 2.24) is 20.2 Å². The van der Waals surface area contributed by atoms with Gasteiger partial charge in [0.05, 0.1) is 12.8 Å². The Labute approximate surface area is 111 Å². The SMILES string of the molecule is COc1cc(-c2nnnn2CCC2CC2)ccc1N. The first-order valence-corrected chi connectivity index (χ1v) is 6.48. The maximum Gasteiger partial charge on any atom is 0.182 e. The highest BCUT2D eigenvalue weighted by Crippen LogP contribution is 2.33. The van der Waals surface area contributed by atoms with Crippen LogP contribution in [0.3, 0.4) is 0 Å². The van der Waals surface area contributed by atoms with Crippen molar-refractivity contribution in [3.63, 3.8) is 0 Å². The quantitative estimate of drug-likeness (QED) is 0.827. The van der Waals surface area contributed by atoms with Gasteiger partial charge in [0.2, 0.25) is 0 Å². The van der Waals surface area contributed by atoms with Gasteiger partial charge >= 0.3 is 0 Å². The van der Waals surface area contributed by atoms with E-state index >= 15 is 0 Å². The summed E-state index contributed by atoms with van der Waals surface area (Å²) in [5.41, 5.74) is 7.35. The molecule has 0 bridgehead atoms. The van der Waals surface area contributed by atoms with Crippen LogP contribution >= 0.6 is 0 Å². The summed E-state index contributed by atoms with van der Waals surface area (Å²) in [6.07, 6.45) is 3.82. The van der Waals surface area contributed by atoms with Gasteiger partial charge in [0.1, 0.15) is 5.75 Å². The number of hydrogen-bond donors (Lipinski definition) is 1. The molecule has 2 N–H and O–H groups in total. The monoisotopic (exact) mass is 259 g/mol. The molecule has 1 saturated carbocycles. The number of nitrogens with zero attached hydrogens (tertiary/aromatic N) is 4. The molecule has 0 amide bonds. The maximum atomic E-state index is 5.81. The van der Waals surface area contributed by atoms with Gasteiger partial charge in [-0.05, 0) is 41.0 Å². The second-order valence-corrected chi connectivity index (χ2v) is 4.91. The molecule has 0 spiro atoms. The highest BCUT2D eigenvalue weighted by Gasteiger charge is 2.21. The van der Waals surface area contributed by atoms with Crippen molar-refractivity contribution < 1.29 is 4.74 Å². The molecular formula is C13H17N5O. The zero-order valence-corrected chi connectivity index (χ0v) is 10.9. The fourth-order valence-electron chi connectivity index (χ4n) is 2.12. The fraction of sp³-hybridized carbons (Fsp3) is 0.462. The van der Waals surface area contributed by atoms with Crippen LogP contribution in [0, 0.1) is 5.92 Å². The number of nitrogens with two attached hydrogens (primary N) is 1. The van der Waals surface area contributed by atoms with E-state index in [9.17, 15) is 0 Å². The number of methoxy groups -OCH3 is 1. The largest absolute Gasteiger partial charge is 0.495 e. The van der Waals surface area contributed by atoms with E-state index in [2.05, 4.69) is 15.5 Å². The highest BCUT2D eigenvalue weighted by atomic mass is 16.5. The van der Waals surface area contributed by atoms with Crippen LogP contribution in [0.25, 0.3) is 11.4 Å². The lowest BCUT2D eigenvalue weighted by molar-refractivity contribution is 0.417. The van der Waals surface area contributed by atoms with E-state index in [1.807, 2.05) is 22.9 Å². The number of anilines is 1. The van der Waals surface area contributed by atoms with E-state index in [0.717, 1.165) is 30.3 Å². The normalized spacial score (nSPS) is 14.6. The molecule has 0 aliphatic heterocycles. The van der Waals surface area contributed by atoms with E-state index in [1.54, 1.807) is 7.11 Å². The van der Waals surface area contributed by atoms with Gasteiger partial charge in [-0.15, -0.1) is 5.10 Å². The Morgan fingerprint density at radius 3 is 3.00 bits per heavy atom. The Kier molecular flexibility index (Phi) is 3.06. The summed E-state index contributed by atoms with van der Waals surface area (Å²) in [4.78, 5) is 0. The highest BCUT2D eigenvalue weighted by molar-refractivity contribution is 5.65. The van der Waals surface area contributed by atoms with Crippen molar-refractivity contribution >= 4 is 5.69 Å². The molecule has 100 valence electrons. The number of tetrazole rings is 1. The van der Waals surface area contributed by atoms with Gasteiger partial charge in [-0.25, -0.2) is 4.68 Å². The van der Waals surface area contributed by atoms with E-state index in [-0.39, 0.29) is 0 Å². The Balaban J connectivity index is 1.86. The third-order valence-electron chi connectivity index (χ3n) is 3.47. The molecule has 0 atom stereocenters. The van der Waals surface area contributed by atoms with Gasteiger partial charge in [0, 0.05) is 12.1 Å². The summed E-state index contributed by atoms with van der Waals surface area (Å²) < 4.78 is 7.08. The van der Waals surface area contributed by atoms with Crippen LogP contribution in [0.1, 0.15) is 19.3 Å². The second kappa shape index (κ2) is 4.87. The molecule has 1 aliphatic carbocycles. The van der Waals surface area contributed by atoms with Crippen molar-refractivity contribution in [2.75, 3.05) is 12.8 Å². The Hall–Kier alpha value is -2.11. The number of benzene rings is 1. The molecule has 1 aromatic heterocycles. The first kappa shape index (κ1) is 12.0. The van der Waals surface area contributed by atoms with E-state index in [0.29, 0.717) is 11.4 Å². The molecule has 1 heterocycles. The predicted octanol–water partition coefficient (Wildman–Crippen LogP) is 1.73. The minimum Gasteiger partial charge on any atom is -0.495 e. The van der Waals surface area contributed by atoms with Gasteiger partial charge in [-0.1, -0.05) is 12.8 Å². The minimum atomic E-state index is 0.614. The summed E-state index contributed by atoms with van der Waals surface area (Å²) in [7, 11) is 1.60. The molecule has 6 nitrogen and oxygen atoms in total. The number of aromatic nitrogens is 4. The standard InChI is InChI=1S/C13H17N5O/c1-19-12-8-10(4-5-11(12)14)13-15-16-17-18(13)7-6-9-2-3-9/h4-5,8-9H,2-3,6-7,14H2,1H3. The second-order valence-electron chi connectivity index (χ2n) is 4.91. The molecule has 0 saturated heterocycles. The van der Waals surface area contributed by atoms with Crippen LogP contribution in [0.15, 0.2) is 18.2 Å². The molecule has 0 radical (unpaired) electrons. The number of hydrogen-bond acceptors (Lipinski definition) is 5. The van der Waals surface area contributed by atoms with Crippen LogP contribution in [0.4, 0.5) is 5.69 Å². The zero-order chi connectivity index (χ0) is 13.2. The summed E-state index contributed by atoms with van der Waals surface area (Å²) in [6, 6.07) is 5.60. The molecule has 19 heavy (non-hydrogen) atoms. The molecule has 1 aliphatic rings. The number of ether oxygens (including phenoxy) is 1. The smallest absolute Gasteiger partial charge is 0.182 e. The van der Waals surface area contributed by atoms with Gasteiger partial charge in [0.15, 0.2) is 5.82 Å². The topological polar surface area (TPSA) is 78.9 Å². The van der Waals surface area contributed by atoms with Crippen molar-refractivity contribution in [3.05, 3.63) is 18.2 Å². The van der Waals surface area contributed by atoms with Crippen LogP contribution < -0.4 is 10.5 Å². The van der Waals surface area contributed by atoms with Gasteiger partial charge in [0.25, 0.3) is 0 Å². The third-order valence-corrected chi connectivity index (χ3v) is 3.47. The number of nitrogen functional groups attached to an aromatic ring is 1. The lowest BCUT2D eigenvalue weighted by Crippen LogP contribution is -2.04. The Morgan fingerprint density at radius 1 is 1.42 bits per heavy atom. The molecule has 2 aromatic rings. The predicted molar refractivity (Wildman–Crippen MR) is 71.6 cm³/mol. The zero-order valence-electron chi connectivity index (χ0n) is 10.9. The Bertz CT molecular complexity index is 576. The minimum absolute atomic E-state index is 0.614. The summed E-state index contributed by atoms with van der Waals surface area (Å²) in [5, 5.41) is 11.9. The lowest BCUT2D eigenvalue weighted by atomic mass is 10.1. The van der Waals surface area contributed by atoms with Crippen LogP contribution in [-0.2, 0) is 6.54 Å². The fourth-order valence-corrected chi connectivity index (χ4v) is 2.12. The van der Waals surface area contributed by atoms with E-state index in [1.165, 1.54) is 12.8 Å². The summed E-state index contributed by atoms with van der Waals surface area (Å²) >= 11 is 0. The van der Waals surface area contributed by atoms with E-state index < -0.39 is 0 Å². The molecule has 6 heteroatoms. The lowest BCUT2D eigenvalue weighted by Gasteiger charge is -2.07. The summed E-state index contributed by atoms with van der Waals surface area (Å²) in [5.74, 6) is 2.27. The van der Waals surface area contributed by atoms with Gasteiger partial charge < -0.3 is 10.5 Å². The van der Waals surface area contributed by atoms with Crippen LogP contribution in [0.2, 0.25) is 0 Å². The van der Waals surface area contributed by atoms with Crippen LogP contribution in [0.5, 0.6) is 5.75 Å². The Morgan fingerprint density at radius 2 is 2.26 bits per heavy atom. The van der Waals surface area contributed by atoms with Gasteiger partial charge in [-0.3, -0.25) is 0 Å². The molecular weight excluding hydrogens is 242 g/mol. The number of rotatable bonds is 5. The van der Waals surface area contributed by atoms with E-state index in [4.69, 9.17) is 10.5 Å². The molecule has 3 rings (SSSR count). The van der Waals surface area contributed by atoms with Crippen molar-refractivity contribution in [1.29, 1.82) is 0 Å². The average Bonchev–Trinajstić information content (AvgIpc) is 3.14. The van der Waals surface area contributed by atoms with Crippen LogP contribution in [-0.4, -0.2) is 27.3 Å². The van der Waals surface area contributed by atoms with Crippen molar-refractivity contribution in [3.8, 4) is 17.1 Å². The molecule has 0 unspecified atom stereocenters. The third kappa shape index (κ3) is 2.52. The summed E-state index contributed by atoms with van der Waals surface area (Å²) in [6.45, 7) is 0.861. The molecule has 1 fully saturated rings. The average molecular weight is 259 g/mol. The van der Waals surface area contributed by atoms with Crippen molar-refractivity contribution in [2.24, 2.45) is 5.92 Å². The van der Waals surface area contributed by atoms with Crippen molar-refractivity contribution in [2.45, 2.75) is 25.8 Å². The number of aryl methyl sites for hydroxylation is 1. The maximum absolute atomic E-state index is 5.81.